The Bertz CT molecular complexity index is 435. The molecule has 15 heavy (non-hydrogen) atoms. The number of aromatic nitrogens is 3. The van der Waals surface area contributed by atoms with E-state index in [1.807, 2.05) is 11.8 Å². The Balaban J connectivity index is 2.09. The van der Waals surface area contributed by atoms with Crippen molar-refractivity contribution in [2.24, 2.45) is 0 Å². The molecule has 82 valence electrons. The summed E-state index contributed by atoms with van der Waals surface area (Å²) in [6.07, 6.45) is 2.18. The molecule has 0 aliphatic carbocycles. The number of nitrogens with one attached hydrogen (secondary N) is 3. The third-order valence-corrected chi connectivity index (χ3v) is 3.43. The van der Waals surface area contributed by atoms with E-state index in [0.717, 1.165) is 18.6 Å². The van der Waals surface area contributed by atoms with Crippen LogP contribution in [0.3, 0.4) is 0 Å². The maximum absolute atomic E-state index is 11.3. The van der Waals surface area contributed by atoms with Crippen molar-refractivity contribution in [1.29, 1.82) is 0 Å². The van der Waals surface area contributed by atoms with Gasteiger partial charge < -0.3 is 5.32 Å². The van der Waals surface area contributed by atoms with Crippen LogP contribution in [-0.4, -0.2) is 32.7 Å². The van der Waals surface area contributed by atoms with Crippen molar-refractivity contribution in [3.63, 3.8) is 0 Å². The minimum absolute atomic E-state index is 0.196. The molecule has 1 aliphatic heterocycles. The molecule has 6 nitrogen and oxygen atoms in total. The van der Waals surface area contributed by atoms with Gasteiger partial charge in [0.2, 0.25) is 5.82 Å². The van der Waals surface area contributed by atoms with Crippen LogP contribution in [0.5, 0.6) is 0 Å². The zero-order valence-electron chi connectivity index (χ0n) is 8.08. The van der Waals surface area contributed by atoms with Crippen LogP contribution in [0.1, 0.15) is 12.8 Å². The Morgan fingerprint density at radius 2 is 2.33 bits per heavy atom. The van der Waals surface area contributed by atoms with Crippen molar-refractivity contribution in [1.82, 2.24) is 15.2 Å². The number of aromatic amines is 2. The summed E-state index contributed by atoms with van der Waals surface area (Å²) >= 11 is 1.86. The summed E-state index contributed by atoms with van der Waals surface area (Å²) in [7, 11) is 0. The molecule has 0 spiro atoms. The lowest BCUT2D eigenvalue weighted by atomic mass is 10.2. The first-order valence-electron chi connectivity index (χ1n) is 4.79. The average molecular weight is 228 g/mol. The summed E-state index contributed by atoms with van der Waals surface area (Å²) in [4.78, 5) is 24.2. The maximum Gasteiger partial charge on any atom is 0.342 e. The van der Waals surface area contributed by atoms with E-state index in [0.29, 0.717) is 0 Å². The van der Waals surface area contributed by atoms with Crippen molar-refractivity contribution in [3.05, 3.63) is 20.8 Å². The summed E-state index contributed by atoms with van der Waals surface area (Å²) in [5, 5.41) is 8.90. The van der Waals surface area contributed by atoms with Crippen LogP contribution in [-0.2, 0) is 0 Å². The van der Waals surface area contributed by atoms with E-state index in [4.69, 9.17) is 0 Å². The fraction of sp³-hybridized carbons (Fsp3) is 0.625. The van der Waals surface area contributed by atoms with Crippen LogP contribution in [0.15, 0.2) is 9.59 Å². The van der Waals surface area contributed by atoms with E-state index in [-0.39, 0.29) is 11.9 Å². The van der Waals surface area contributed by atoms with Crippen molar-refractivity contribution in [2.75, 3.05) is 16.8 Å². The average Bonchev–Trinajstić information content (AvgIpc) is 2.24. The maximum atomic E-state index is 11.3. The Hall–Kier alpha value is -1.24. The van der Waals surface area contributed by atoms with Crippen LogP contribution >= 0.6 is 11.8 Å². The monoisotopic (exact) mass is 228 g/mol. The topological polar surface area (TPSA) is 90.6 Å². The number of thioether (sulfide) groups is 1. The van der Waals surface area contributed by atoms with Gasteiger partial charge in [0.05, 0.1) is 0 Å². The number of hydrogen-bond donors (Lipinski definition) is 3. The van der Waals surface area contributed by atoms with Gasteiger partial charge >= 0.3 is 5.69 Å². The third-order valence-electron chi connectivity index (χ3n) is 2.21. The zero-order chi connectivity index (χ0) is 10.7. The number of hydrogen-bond acceptors (Lipinski definition) is 5. The molecule has 1 atom stereocenters. The fourth-order valence-corrected chi connectivity index (χ4v) is 2.57. The lowest BCUT2D eigenvalue weighted by Gasteiger charge is -2.22. The lowest BCUT2D eigenvalue weighted by Crippen LogP contribution is -2.33. The van der Waals surface area contributed by atoms with Gasteiger partial charge in [0.1, 0.15) is 0 Å². The van der Waals surface area contributed by atoms with Crippen molar-refractivity contribution in [3.8, 4) is 0 Å². The molecule has 0 amide bonds. The largest absolute Gasteiger partial charge is 0.360 e. The van der Waals surface area contributed by atoms with E-state index in [2.05, 4.69) is 20.5 Å². The molecule has 7 heteroatoms. The number of H-pyrrole nitrogens is 2. The molecule has 2 rings (SSSR count). The molecule has 1 fully saturated rings. The number of rotatable bonds is 2. The molecular weight excluding hydrogens is 216 g/mol. The second kappa shape index (κ2) is 4.52. The quantitative estimate of drug-likeness (QED) is 0.650. The lowest BCUT2D eigenvalue weighted by molar-refractivity contribution is 0.676. The molecule has 0 saturated carbocycles. The molecule has 1 unspecified atom stereocenters. The normalized spacial score (nSPS) is 21.2. The summed E-state index contributed by atoms with van der Waals surface area (Å²) in [6.45, 7) is 0. The second-order valence-electron chi connectivity index (χ2n) is 3.41. The first-order chi connectivity index (χ1) is 7.25. The van der Waals surface area contributed by atoms with E-state index < -0.39 is 11.2 Å². The predicted octanol–water partition coefficient (Wildman–Crippen LogP) is -0.234. The number of nitrogens with zero attached hydrogens (tertiary/aromatic N) is 1. The third kappa shape index (κ3) is 2.62. The SMILES string of the molecule is O=c1[nH]nc(NC2CCCSC2)c(=O)[nH]1. The Kier molecular flexibility index (Phi) is 3.10. The highest BCUT2D eigenvalue weighted by molar-refractivity contribution is 7.99. The molecular formula is C8H12N4O2S. The van der Waals surface area contributed by atoms with Crippen molar-refractivity contribution < 1.29 is 0 Å². The smallest absolute Gasteiger partial charge is 0.342 e. The molecule has 1 aromatic rings. The number of anilines is 1. The molecule has 3 N–H and O–H groups in total. The van der Waals surface area contributed by atoms with Crippen LogP contribution in [0.4, 0.5) is 5.82 Å². The fourth-order valence-electron chi connectivity index (χ4n) is 1.49. The van der Waals surface area contributed by atoms with Gasteiger partial charge in [0.25, 0.3) is 5.56 Å². The summed E-state index contributed by atoms with van der Waals surface area (Å²) in [6, 6.07) is 0.267. The Morgan fingerprint density at radius 1 is 1.47 bits per heavy atom. The Labute approximate surface area is 89.9 Å². The first-order valence-corrected chi connectivity index (χ1v) is 5.94. The summed E-state index contributed by atoms with van der Waals surface area (Å²) in [5.41, 5.74) is -1.04. The van der Waals surface area contributed by atoms with Gasteiger partial charge in [-0.2, -0.15) is 11.8 Å². The minimum Gasteiger partial charge on any atom is -0.360 e. The molecule has 0 bridgehead atoms. The van der Waals surface area contributed by atoms with Crippen LogP contribution in [0.2, 0.25) is 0 Å². The van der Waals surface area contributed by atoms with Crippen molar-refractivity contribution >= 4 is 17.6 Å². The van der Waals surface area contributed by atoms with Gasteiger partial charge in [-0.05, 0) is 18.6 Å². The minimum atomic E-state index is -0.580. The van der Waals surface area contributed by atoms with Gasteiger partial charge in [-0.15, -0.1) is 5.10 Å². The summed E-state index contributed by atoms with van der Waals surface area (Å²) in [5.74, 6) is 2.34. The molecule has 0 radical (unpaired) electrons. The van der Waals surface area contributed by atoms with Crippen LogP contribution in [0, 0.1) is 0 Å². The van der Waals surface area contributed by atoms with Gasteiger partial charge in [-0.25, -0.2) is 9.89 Å². The van der Waals surface area contributed by atoms with E-state index in [1.54, 1.807) is 0 Å². The molecule has 2 heterocycles. The van der Waals surface area contributed by atoms with Crippen molar-refractivity contribution in [2.45, 2.75) is 18.9 Å². The summed E-state index contributed by atoms with van der Waals surface area (Å²) < 4.78 is 0. The van der Waals surface area contributed by atoms with E-state index in [1.165, 1.54) is 5.75 Å². The highest BCUT2D eigenvalue weighted by atomic mass is 32.2. The zero-order valence-corrected chi connectivity index (χ0v) is 8.89. The first kappa shape index (κ1) is 10.3. The molecule has 1 aromatic heterocycles. The van der Waals surface area contributed by atoms with Gasteiger partial charge in [-0.1, -0.05) is 0 Å². The van der Waals surface area contributed by atoms with Gasteiger partial charge in [0.15, 0.2) is 0 Å². The highest BCUT2D eigenvalue weighted by Gasteiger charge is 2.15. The van der Waals surface area contributed by atoms with E-state index >= 15 is 0 Å². The van der Waals surface area contributed by atoms with E-state index in [9.17, 15) is 9.59 Å². The molecule has 1 saturated heterocycles. The molecule has 0 aromatic carbocycles. The second-order valence-corrected chi connectivity index (χ2v) is 4.56. The Morgan fingerprint density at radius 3 is 3.00 bits per heavy atom. The van der Waals surface area contributed by atoms with Gasteiger partial charge in [-0.3, -0.25) is 9.78 Å². The standard InChI is InChI=1S/C8H12N4O2S/c13-7-6(11-12-8(14)10-7)9-5-2-1-3-15-4-5/h5H,1-4H2,(H,9,11)(H2,10,12,13,14). The van der Waals surface area contributed by atoms with Gasteiger partial charge in [0, 0.05) is 11.8 Å². The molecule has 1 aliphatic rings. The highest BCUT2D eigenvalue weighted by Crippen LogP contribution is 2.18. The van der Waals surface area contributed by atoms with Crippen LogP contribution < -0.4 is 16.6 Å². The predicted molar refractivity (Wildman–Crippen MR) is 59.4 cm³/mol. The van der Waals surface area contributed by atoms with Crippen LogP contribution in [0.25, 0.3) is 0 Å².